The van der Waals surface area contributed by atoms with Crippen LogP contribution in [0.25, 0.3) is 6.08 Å². The first-order chi connectivity index (χ1) is 11.1. The number of carboxylic acid groups (broad SMARTS) is 1. The molecular weight excluding hydrogens is 320 g/mol. The summed E-state index contributed by atoms with van der Waals surface area (Å²) in [5.74, 6) is 0.0137. The molecule has 7 heteroatoms. The van der Waals surface area contributed by atoms with E-state index in [0.717, 1.165) is 11.3 Å². The second kappa shape index (κ2) is 6.13. The topological polar surface area (TPSA) is 84.9 Å². The third-order valence-corrected chi connectivity index (χ3v) is 4.24. The zero-order valence-corrected chi connectivity index (χ0v) is 12.8. The number of hydrogen-bond donors (Lipinski definition) is 0. The van der Waals surface area contributed by atoms with Crippen molar-refractivity contribution in [2.75, 3.05) is 13.9 Å². The van der Waals surface area contributed by atoms with Crippen molar-refractivity contribution >= 4 is 29.2 Å². The lowest BCUT2D eigenvalue weighted by molar-refractivity contribution is -0.254. The van der Waals surface area contributed by atoms with Crippen molar-refractivity contribution < 1.29 is 28.9 Å². The van der Waals surface area contributed by atoms with Gasteiger partial charge in [0.05, 0.1) is 22.8 Å². The SMILES string of the molecule is COc1cc(/C=C/C(=O)c2ccc(C(=O)[O-])s2)cc2c1OCO2. The number of methoxy groups -OCH3 is 1. The molecule has 0 amide bonds. The fourth-order valence-corrected chi connectivity index (χ4v) is 2.84. The number of carboxylic acids is 1. The molecule has 6 nitrogen and oxygen atoms in total. The smallest absolute Gasteiger partial charge is 0.231 e. The van der Waals surface area contributed by atoms with Crippen molar-refractivity contribution in [3.63, 3.8) is 0 Å². The van der Waals surface area contributed by atoms with Gasteiger partial charge in [0, 0.05) is 0 Å². The van der Waals surface area contributed by atoms with Gasteiger partial charge in [-0.1, -0.05) is 6.08 Å². The number of fused-ring (bicyclic) bond motifs is 1. The molecule has 118 valence electrons. The van der Waals surface area contributed by atoms with Crippen molar-refractivity contribution in [2.45, 2.75) is 0 Å². The Morgan fingerprint density at radius 2 is 2.04 bits per heavy atom. The van der Waals surface area contributed by atoms with Crippen LogP contribution in [0.5, 0.6) is 17.2 Å². The molecule has 0 saturated carbocycles. The normalized spacial score (nSPS) is 12.6. The maximum atomic E-state index is 12.1. The van der Waals surface area contributed by atoms with Gasteiger partial charge in [-0.3, -0.25) is 4.79 Å². The minimum atomic E-state index is -1.29. The van der Waals surface area contributed by atoms with Gasteiger partial charge in [0.15, 0.2) is 17.3 Å². The van der Waals surface area contributed by atoms with Gasteiger partial charge in [-0.2, -0.15) is 0 Å². The lowest BCUT2D eigenvalue weighted by Gasteiger charge is -2.05. The van der Waals surface area contributed by atoms with Gasteiger partial charge in [0.1, 0.15) is 0 Å². The molecule has 0 unspecified atom stereocenters. The Kier molecular flexibility index (Phi) is 4.03. The van der Waals surface area contributed by atoms with Gasteiger partial charge in [-0.25, -0.2) is 0 Å². The number of aromatic carboxylic acids is 1. The Morgan fingerprint density at radius 1 is 1.26 bits per heavy atom. The Bertz CT molecular complexity index is 805. The summed E-state index contributed by atoms with van der Waals surface area (Å²) >= 11 is 0.880. The van der Waals surface area contributed by atoms with Crippen LogP contribution in [-0.4, -0.2) is 25.7 Å². The average molecular weight is 331 g/mol. The van der Waals surface area contributed by atoms with E-state index in [9.17, 15) is 14.7 Å². The van der Waals surface area contributed by atoms with Crippen LogP contribution < -0.4 is 19.3 Å². The standard InChI is InChI=1S/C16H12O6S/c1-20-11-6-9(7-12-15(11)22-8-21-12)2-3-10(17)13-4-5-14(23-13)16(18)19/h2-7H,8H2,1H3,(H,18,19)/p-1/b3-2+. The molecule has 1 aromatic carbocycles. The highest BCUT2D eigenvalue weighted by atomic mass is 32.1. The van der Waals surface area contributed by atoms with Gasteiger partial charge in [0.2, 0.25) is 12.5 Å². The first-order valence-corrected chi connectivity index (χ1v) is 7.41. The molecule has 2 aromatic rings. The number of rotatable bonds is 5. The number of carbonyl (C=O) groups is 2. The zero-order valence-electron chi connectivity index (χ0n) is 12.0. The fourth-order valence-electron chi connectivity index (χ4n) is 2.08. The van der Waals surface area contributed by atoms with Crippen LogP contribution in [0, 0.1) is 0 Å². The van der Waals surface area contributed by atoms with E-state index in [1.807, 2.05) is 0 Å². The van der Waals surface area contributed by atoms with Gasteiger partial charge >= 0.3 is 0 Å². The first-order valence-electron chi connectivity index (χ1n) is 6.59. The minimum absolute atomic E-state index is 0.0199. The van der Waals surface area contributed by atoms with Gasteiger partial charge < -0.3 is 24.1 Å². The molecule has 0 atom stereocenters. The summed E-state index contributed by atoms with van der Waals surface area (Å²) in [4.78, 5) is 23.1. The zero-order chi connectivity index (χ0) is 16.4. The van der Waals surface area contributed by atoms with E-state index >= 15 is 0 Å². The van der Waals surface area contributed by atoms with Crippen LogP contribution in [0.2, 0.25) is 0 Å². The predicted octanol–water partition coefficient (Wildman–Crippen LogP) is 1.75. The fraction of sp³-hybridized carbons (Fsp3) is 0.125. The Morgan fingerprint density at radius 3 is 2.74 bits per heavy atom. The molecule has 2 heterocycles. The van der Waals surface area contributed by atoms with E-state index in [2.05, 4.69) is 0 Å². The van der Waals surface area contributed by atoms with E-state index in [-0.39, 0.29) is 17.5 Å². The Labute approximate surface area is 135 Å². The number of ether oxygens (including phenoxy) is 3. The largest absolute Gasteiger partial charge is 0.544 e. The first kappa shape index (κ1) is 15.1. The summed E-state index contributed by atoms with van der Waals surface area (Å²) in [5, 5.41) is 10.7. The minimum Gasteiger partial charge on any atom is -0.544 e. The summed E-state index contributed by atoms with van der Waals surface area (Å²) in [6, 6.07) is 6.27. The number of benzene rings is 1. The van der Waals surface area contributed by atoms with Crippen molar-refractivity contribution in [3.05, 3.63) is 45.7 Å². The van der Waals surface area contributed by atoms with Gasteiger partial charge in [0.25, 0.3) is 0 Å². The van der Waals surface area contributed by atoms with Crippen LogP contribution in [0.3, 0.4) is 0 Å². The second-order valence-corrected chi connectivity index (χ2v) is 5.69. The molecule has 0 radical (unpaired) electrons. The molecule has 1 aliphatic heterocycles. The highest BCUT2D eigenvalue weighted by Crippen LogP contribution is 2.42. The third kappa shape index (κ3) is 3.04. The average Bonchev–Trinajstić information content (AvgIpc) is 3.20. The highest BCUT2D eigenvalue weighted by molar-refractivity contribution is 7.16. The third-order valence-electron chi connectivity index (χ3n) is 3.16. The van der Waals surface area contributed by atoms with E-state index < -0.39 is 5.97 Å². The lowest BCUT2D eigenvalue weighted by atomic mass is 10.1. The monoisotopic (exact) mass is 331 g/mol. The summed E-state index contributed by atoms with van der Waals surface area (Å²) in [5.41, 5.74) is 0.705. The number of allylic oxidation sites excluding steroid dienone is 1. The molecule has 0 saturated heterocycles. The Hall–Kier alpha value is -2.80. The van der Waals surface area contributed by atoms with Crippen LogP contribution >= 0.6 is 11.3 Å². The van der Waals surface area contributed by atoms with Crippen LogP contribution in [0.4, 0.5) is 0 Å². The number of carbonyl (C=O) groups excluding carboxylic acids is 2. The van der Waals surface area contributed by atoms with E-state index in [1.165, 1.54) is 25.3 Å². The molecule has 0 bridgehead atoms. The predicted molar refractivity (Wildman–Crippen MR) is 81.1 cm³/mol. The summed E-state index contributed by atoms with van der Waals surface area (Å²) < 4.78 is 15.8. The number of thiophene rings is 1. The number of ketones is 1. The lowest BCUT2D eigenvalue weighted by Crippen LogP contribution is -2.20. The van der Waals surface area contributed by atoms with Crippen molar-refractivity contribution in [3.8, 4) is 17.2 Å². The molecular formula is C16H11O6S-. The molecule has 0 fully saturated rings. The summed E-state index contributed by atoms with van der Waals surface area (Å²) in [6.45, 7) is 0.124. The van der Waals surface area contributed by atoms with Crippen LogP contribution in [0.15, 0.2) is 30.3 Å². The number of hydrogen-bond acceptors (Lipinski definition) is 7. The van der Waals surface area contributed by atoms with Crippen molar-refractivity contribution in [1.82, 2.24) is 0 Å². The molecule has 1 aromatic heterocycles. The maximum Gasteiger partial charge on any atom is 0.231 e. The van der Waals surface area contributed by atoms with Gasteiger partial charge in [-0.05, 0) is 35.9 Å². The molecule has 1 aliphatic rings. The van der Waals surface area contributed by atoms with Crippen LogP contribution in [-0.2, 0) is 0 Å². The molecule has 0 N–H and O–H groups in total. The Balaban J connectivity index is 1.82. The van der Waals surface area contributed by atoms with Gasteiger partial charge in [-0.15, -0.1) is 11.3 Å². The van der Waals surface area contributed by atoms with E-state index in [0.29, 0.717) is 27.7 Å². The second-order valence-electron chi connectivity index (χ2n) is 4.61. The highest BCUT2D eigenvalue weighted by Gasteiger charge is 2.19. The van der Waals surface area contributed by atoms with E-state index in [1.54, 1.807) is 18.2 Å². The van der Waals surface area contributed by atoms with Crippen LogP contribution in [0.1, 0.15) is 24.9 Å². The van der Waals surface area contributed by atoms with Crippen molar-refractivity contribution in [1.29, 1.82) is 0 Å². The van der Waals surface area contributed by atoms with Crippen molar-refractivity contribution in [2.24, 2.45) is 0 Å². The molecule has 0 spiro atoms. The van der Waals surface area contributed by atoms with E-state index in [4.69, 9.17) is 14.2 Å². The summed E-state index contributed by atoms with van der Waals surface area (Å²) in [7, 11) is 1.52. The molecule has 0 aliphatic carbocycles. The summed E-state index contributed by atoms with van der Waals surface area (Å²) in [6.07, 6.45) is 2.97. The molecule has 23 heavy (non-hydrogen) atoms. The quantitative estimate of drug-likeness (QED) is 0.613. The molecule has 3 rings (SSSR count). The maximum absolute atomic E-state index is 12.1.